The molecule has 0 atom stereocenters. The highest BCUT2D eigenvalue weighted by Gasteiger charge is 2.36. The number of rotatable bonds is 11. The molecule has 2 aliphatic rings. The summed E-state index contributed by atoms with van der Waals surface area (Å²) in [5, 5.41) is 6.43. The fraction of sp³-hybridized carbons (Fsp3) is 0.438. The largest absolute Gasteiger partial charge is 0.489 e. The Hall–Kier alpha value is -4.10. The molecule has 5 rings (SSSR count). The summed E-state index contributed by atoms with van der Waals surface area (Å²) in [6.07, 6.45) is 2.75. The highest BCUT2D eigenvalue weighted by Crippen LogP contribution is 2.38. The molecular weight excluding hydrogens is 632 g/mol. The van der Waals surface area contributed by atoms with E-state index in [4.69, 9.17) is 21.1 Å². The summed E-state index contributed by atoms with van der Waals surface area (Å²) in [6, 6.07) is 10.2. The fourth-order valence-electron chi connectivity index (χ4n) is 5.66. The molecule has 0 bridgehead atoms. The Morgan fingerprint density at radius 1 is 1.11 bits per heavy atom. The molecule has 246 valence electrons. The quantitative estimate of drug-likeness (QED) is 0.243. The number of para-hydroxylation sites is 1. The van der Waals surface area contributed by atoms with Crippen molar-refractivity contribution in [2.75, 3.05) is 36.1 Å². The van der Waals surface area contributed by atoms with Crippen LogP contribution in [0.25, 0.3) is 0 Å². The number of likely N-dealkylation sites (tertiary alicyclic amines) is 1. The van der Waals surface area contributed by atoms with Crippen molar-refractivity contribution in [3.8, 4) is 5.75 Å². The van der Waals surface area contributed by atoms with E-state index < -0.39 is 9.84 Å². The third-order valence-electron chi connectivity index (χ3n) is 7.77. The van der Waals surface area contributed by atoms with Gasteiger partial charge in [-0.05, 0) is 69.9 Å². The van der Waals surface area contributed by atoms with Crippen LogP contribution in [0.4, 0.5) is 27.9 Å². The minimum Gasteiger partial charge on any atom is -0.489 e. The summed E-state index contributed by atoms with van der Waals surface area (Å²) in [5.74, 6) is 0.832. The zero-order chi connectivity index (χ0) is 33.0. The number of anilines is 4. The van der Waals surface area contributed by atoms with E-state index in [1.807, 2.05) is 31.7 Å². The number of nitrogens with zero attached hydrogens (tertiary/aromatic N) is 4. The van der Waals surface area contributed by atoms with Gasteiger partial charge < -0.3 is 29.9 Å². The molecule has 0 spiro atoms. The molecule has 1 fully saturated rings. The van der Waals surface area contributed by atoms with Gasteiger partial charge in [-0.1, -0.05) is 30.7 Å². The van der Waals surface area contributed by atoms with Gasteiger partial charge in [0.2, 0.25) is 5.95 Å². The number of carbonyl (C=O) groups excluding carboxylic acids is 2. The van der Waals surface area contributed by atoms with Crippen LogP contribution < -0.4 is 15.4 Å². The van der Waals surface area contributed by atoms with Gasteiger partial charge in [-0.25, -0.2) is 18.2 Å². The number of piperidine rings is 1. The van der Waals surface area contributed by atoms with Crippen LogP contribution in [-0.4, -0.2) is 77.8 Å². The predicted octanol–water partition coefficient (Wildman–Crippen LogP) is 6.16. The summed E-state index contributed by atoms with van der Waals surface area (Å²) in [4.78, 5) is 38.4. The van der Waals surface area contributed by atoms with Crippen LogP contribution in [0.3, 0.4) is 0 Å². The van der Waals surface area contributed by atoms with Crippen LogP contribution in [0.5, 0.6) is 5.75 Å². The van der Waals surface area contributed by atoms with Crippen molar-refractivity contribution in [2.45, 2.75) is 70.5 Å². The molecule has 1 saturated heterocycles. The lowest BCUT2D eigenvalue weighted by molar-refractivity contribution is 0.0558. The second-order valence-electron chi connectivity index (χ2n) is 11.5. The van der Waals surface area contributed by atoms with Gasteiger partial charge in [0.15, 0.2) is 15.7 Å². The first-order valence-electron chi connectivity index (χ1n) is 15.4. The van der Waals surface area contributed by atoms with E-state index in [1.54, 1.807) is 42.2 Å². The van der Waals surface area contributed by atoms with Crippen LogP contribution in [0.1, 0.15) is 62.9 Å². The van der Waals surface area contributed by atoms with Gasteiger partial charge in [0.25, 0.3) is 5.91 Å². The maximum absolute atomic E-state index is 13.7. The van der Waals surface area contributed by atoms with Gasteiger partial charge in [-0.2, -0.15) is 4.98 Å². The summed E-state index contributed by atoms with van der Waals surface area (Å²) < 4.78 is 37.0. The lowest BCUT2D eigenvalue weighted by Crippen LogP contribution is -2.47. The molecule has 46 heavy (non-hydrogen) atoms. The maximum Gasteiger partial charge on any atom is 0.409 e. The molecule has 0 radical (unpaired) electrons. The van der Waals surface area contributed by atoms with Gasteiger partial charge in [0.05, 0.1) is 40.9 Å². The van der Waals surface area contributed by atoms with Crippen LogP contribution in [0.15, 0.2) is 47.5 Å². The van der Waals surface area contributed by atoms with Crippen LogP contribution in [0, 0.1) is 0 Å². The van der Waals surface area contributed by atoms with Crippen molar-refractivity contribution in [1.29, 1.82) is 0 Å². The number of hydrogen-bond acceptors (Lipinski definition) is 10. The van der Waals surface area contributed by atoms with E-state index in [1.165, 1.54) is 6.20 Å². The second kappa shape index (κ2) is 14.1. The number of nitrogens with one attached hydrogen (secondary N) is 2. The number of carbonyl (C=O) groups is 2. The Morgan fingerprint density at radius 3 is 2.54 bits per heavy atom. The first kappa shape index (κ1) is 33.3. The Bertz CT molecular complexity index is 1710. The van der Waals surface area contributed by atoms with E-state index in [2.05, 4.69) is 20.6 Å². The summed E-state index contributed by atoms with van der Waals surface area (Å²) in [6.45, 7) is 9.24. The molecule has 0 unspecified atom stereocenters. The zero-order valence-electron chi connectivity index (χ0n) is 26.4. The fourth-order valence-corrected chi connectivity index (χ4v) is 7.30. The minimum atomic E-state index is -3.52. The van der Waals surface area contributed by atoms with Gasteiger partial charge >= 0.3 is 6.09 Å². The molecular formula is C32H39ClN6O6S. The predicted molar refractivity (Wildman–Crippen MR) is 176 cm³/mol. The number of aromatic nitrogens is 2. The van der Waals surface area contributed by atoms with E-state index in [-0.39, 0.29) is 51.6 Å². The zero-order valence-corrected chi connectivity index (χ0v) is 27.9. The molecule has 0 saturated carbocycles. The van der Waals surface area contributed by atoms with E-state index in [9.17, 15) is 18.0 Å². The summed E-state index contributed by atoms with van der Waals surface area (Å²) >= 11 is 6.44. The molecule has 1 aromatic heterocycles. The van der Waals surface area contributed by atoms with Crippen molar-refractivity contribution in [2.24, 2.45) is 0 Å². The topological polar surface area (TPSA) is 143 Å². The lowest BCUT2D eigenvalue weighted by Gasteiger charge is -2.36. The molecule has 0 aliphatic carbocycles. The SMILES string of the molecule is CCCS(=O)(=O)c1ccccc1Nc1nc(Nc2cc3c(cc2OC(C)C)CN(C2CCN(C(=O)OCC)CC2)C3=O)ncc1Cl. The molecule has 2 N–H and O–H groups in total. The molecule has 14 heteroatoms. The van der Waals surface area contributed by atoms with Crippen molar-refractivity contribution >= 4 is 56.6 Å². The second-order valence-corrected chi connectivity index (χ2v) is 14.0. The minimum absolute atomic E-state index is 0.00583. The summed E-state index contributed by atoms with van der Waals surface area (Å²) in [7, 11) is -3.52. The standard InChI is InChI=1S/C32H39ClN6O6S/c1-5-15-46(42,43)28-10-8-7-9-25(28)35-29-24(33)18-34-31(37-29)36-26-17-23-21(16-27(26)45-20(3)4)19-39(30(23)40)22-11-13-38(14-12-22)32(41)44-6-2/h7-10,16-18,20,22H,5-6,11-15,19H2,1-4H3,(H2,34,35,36,37). The first-order valence-corrected chi connectivity index (χ1v) is 17.5. The van der Waals surface area contributed by atoms with Crippen LogP contribution >= 0.6 is 11.6 Å². The van der Waals surface area contributed by atoms with Gasteiger partial charge in [-0.15, -0.1) is 0 Å². The number of halogens is 1. The van der Waals surface area contributed by atoms with Gasteiger partial charge in [0, 0.05) is 31.2 Å². The number of sulfone groups is 1. The van der Waals surface area contributed by atoms with Crippen molar-refractivity contribution in [1.82, 2.24) is 19.8 Å². The van der Waals surface area contributed by atoms with Crippen LogP contribution in [0.2, 0.25) is 5.02 Å². The van der Waals surface area contributed by atoms with Crippen molar-refractivity contribution in [3.05, 3.63) is 58.7 Å². The normalized spacial score (nSPS) is 15.2. The molecule has 2 aromatic carbocycles. The van der Waals surface area contributed by atoms with Gasteiger partial charge in [-0.3, -0.25) is 4.79 Å². The third kappa shape index (κ3) is 7.31. The average molecular weight is 671 g/mol. The number of hydrogen-bond donors (Lipinski definition) is 2. The Kier molecular flexibility index (Phi) is 10.2. The highest BCUT2D eigenvalue weighted by atomic mass is 35.5. The van der Waals surface area contributed by atoms with E-state index >= 15 is 0 Å². The molecule has 3 aromatic rings. The Labute approximate surface area is 274 Å². The molecule has 2 aliphatic heterocycles. The number of benzene rings is 2. The molecule has 2 amide bonds. The smallest absolute Gasteiger partial charge is 0.409 e. The Morgan fingerprint density at radius 2 is 1.85 bits per heavy atom. The first-order chi connectivity index (χ1) is 22.0. The Balaban J connectivity index is 1.38. The monoisotopic (exact) mass is 670 g/mol. The van der Waals surface area contributed by atoms with E-state index in [0.717, 1.165) is 5.56 Å². The lowest BCUT2D eigenvalue weighted by atomic mass is 10.0. The molecule has 12 nitrogen and oxygen atoms in total. The van der Waals surface area contributed by atoms with E-state index in [0.29, 0.717) is 68.2 Å². The number of amides is 2. The maximum atomic E-state index is 13.7. The highest BCUT2D eigenvalue weighted by molar-refractivity contribution is 7.91. The average Bonchev–Trinajstić information content (AvgIpc) is 3.33. The van der Waals surface area contributed by atoms with Crippen molar-refractivity contribution < 1.29 is 27.5 Å². The third-order valence-corrected chi connectivity index (χ3v) is 10.0. The van der Waals surface area contributed by atoms with Crippen molar-refractivity contribution in [3.63, 3.8) is 0 Å². The summed E-state index contributed by atoms with van der Waals surface area (Å²) in [5.41, 5.74) is 2.25. The van der Waals surface area contributed by atoms with Gasteiger partial charge in [0.1, 0.15) is 10.8 Å². The number of ether oxygens (including phenoxy) is 2. The number of fused-ring (bicyclic) bond motifs is 1. The van der Waals surface area contributed by atoms with Crippen LogP contribution in [-0.2, 0) is 21.1 Å². The molecule has 3 heterocycles.